The number of aromatic nitrogens is 4. The Morgan fingerprint density at radius 3 is 2.54 bits per heavy atom. The molecule has 0 bridgehead atoms. The van der Waals surface area contributed by atoms with Gasteiger partial charge in [-0.05, 0) is 55.0 Å². The average Bonchev–Trinajstić information content (AvgIpc) is 2.91. The van der Waals surface area contributed by atoms with Crippen LogP contribution in [0.25, 0.3) is 22.4 Å². The second-order valence-corrected chi connectivity index (χ2v) is 8.57. The van der Waals surface area contributed by atoms with Crippen LogP contribution >= 0.6 is 0 Å². The molecule has 0 radical (unpaired) electrons. The first-order valence-corrected chi connectivity index (χ1v) is 11.7. The Bertz CT molecular complexity index is 1740. The van der Waals surface area contributed by atoms with E-state index in [1.807, 2.05) is 37.3 Å². The summed E-state index contributed by atoms with van der Waals surface area (Å²) in [5.74, 6) is 0.160. The van der Waals surface area contributed by atoms with E-state index >= 15 is 0 Å². The van der Waals surface area contributed by atoms with Crippen LogP contribution in [0.3, 0.4) is 0 Å². The number of hydrogen-bond acceptors (Lipinski definition) is 7. The second-order valence-electron chi connectivity index (χ2n) is 8.57. The summed E-state index contributed by atoms with van der Waals surface area (Å²) >= 11 is 0. The normalized spacial score (nSPS) is 11.1. The summed E-state index contributed by atoms with van der Waals surface area (Å²) in [7, 11) is 1.58. The molecule has 0 amide bonds. The zero-order valence-corrected chi connectivity index (χ0v) is 20.4. The van der Waals surface area contributed by atoms with Crippen LogP contribution in [0.5, 0.6) is 5.75 Å². The van der Waals surface area contributed by atoms with E-state index in [0.717, 1.165) is 5.56 Å². The van der Waals surface area contributed by atoms with E-state index in [2.05, 4.69) is 9.97 Å². The van der Waals surface area contributed by atoms with Crippen LogP contribution in [-0.4, -0.2) is 32.0 Å². The Morgan fingerprint density at radius 1 is 0.973 bits per heavy atom. The SMILES string of the molecule is COc1ccc(-n2c(=O)c(CCC(=O)OCc3cc(=O)n4cc(C)ccc4n3)nc3ccccc32)cc1. The molecule has 3 aromatic heterocycles. The molecule has 37 heavy (non-hydrogen) atoms. The zero-order chi connectivity index (χ0) is 25.9. The van der Waals surface area contributed by atoms with E-state index in [0.29, 0.717) is 33.8 Å². The number of rotatable bonds is 7. The maximum atomic E-state index is 13.4. The molecule has 0 saturated carbocycles. The number of methoxy groups -OCH3 is 1. The van der Waals surface area contributed by atoms with E-state index in [-0.39, 0.29) is 36.3 Å². The molecule has 186 valence electrons. The minimum atomic E-state index is -0.517. The lowest BCUT2D eigenvalue weighted by atomic mass is 10.2. The third-order valence-electron chi connectivity index (χ3n) is 5.97. The van der Waals surface area contributed by atoms with E-state index in [1.54, 1.807) is 48.2 Å². The number of benzene rings is 2. The summed E-state index contributed by atoms with van der Waals surface area (Å²) in [6.07, 6.45) is 1.76. The van der Waals surface area contributed by atoms with Crippen molar-refractivity contribution in [2.75, 3.05) is 7.11 Å². The van der Waals surface area contributed by atoms with Crippen LogP contribution < -0.4 is 15.9 Å². The number of hydrogen-bond donors (Lipinski definition) is 0. The lowest BCUT2D eigenvalue weighted by molar-refractivity contribution is -0.145. The molecule has 0 aliphatic heterocycles. The fraction of sp³-hybridized carbons (Fsp3) is 0.179. The molecule has 9 nitrogen and oxygen atoms in total. The molecule has 0 spiro atoms. The largest absolute Gasteiger partial charge is 0.497 e. The molecule has 9 heteroatoms. The standard InChI is InChI=1S/C28H24N4O5/c1-18-7-13-25-29-19(15-26(33)31(25)16-18)17-37-27(34)14-12-23-28(35)32(20-8-10-21(36-2)11-9-20)24-6-4-3-5-22(24)30-23/h3-11,13,15-16H,12,14,17H2,1-2H3. The summed E-state index contributed by atoms with van der Waals surface area (Å²) in [6.45, 7) is 1.75. The van der Waals surface area contributed by atoms with Gasteiger partial charge in [0, 0.05) is 24.4 Å². The molecule has 0 saturated heterocycles. The summed E-state index contributed by atoms with van der Waals surface area (Å²) in [5.41, 5.74) is 3.42. The number of para-hydroxylation sites is 2. The van der Waals surface area contributed by atoms with Gasteiger partial charge in [0.25, 0.3) is 11.1 Å². The maximum Gasteiger partial charge on any atom is 0.306 e. The lowest BCUT2D eigenvalue weighted by Crippen LogP contribution is -2.25. The number of carbonyl (C=O) groups excluding carboxylic acids is 1. The fourth-order valence-electron chi connectivity index (χ4n) is 4.11. The van der Waals surface area contributed by atoms with E-state index < -0.39 is 5.97 Å². The molecular formula is C28H24N4O5. The number of fused-ring (bicyclic) bond motifs is 2. The third-order valence-corrected chi connectivity index (χ3v) is 5.97. The van der Waals surface area contributed by atoms with E-state index in [1.165, 1.54) is 10.5 Å². The Hall–Kier alpha value is -4.79. The van der Waals surface area contributed by atoms with Crippen molar-refractivity contribution in [3.05, 3.63) is 111 Å². The molecule has 0 N–H and O–H groups in total. The van der Waals surface area contributed by atoms with Gasteiger partial charge < -0.3 is 9.47 Å². The first kappa shape index (κ1) is 23.9. The van der Waals surface area contributed by atoms with Gasteiger partial charge in [-0.25, -0.2) is 9.97 Å². The van der Waals surface area contributed by atoms with Crippen molar-refractivity contribution in [2.24, 2.45) is 0 Å². The van der Waals surface area contributed by atoms with Gasteiger partial charge >= 0.3 is 5.97 Å². The van der Waals surface area contributed by atoms with Crippen molar-refractivity contribution < 1.29 is 14.3 Å². The predicted octanol–water partition coefficient (Wildman–Crippen LogP) is 3.39. The number of pyridine rings is 1. The van der Waals surface area contributed by atoms with E-state index in [9.17, 15) is 14.4 Å². The Labute approximate surface area is 211 Å². The first-order chi connectivity index (χ1) is 17.9. The van der Waals surface area contributed by atoms with Crippen LogP contribution in [0.1, 0.15) is 23.4 Å². The average molecular weight is 497 g/mol. The molecule has 5 rings (SSSR count). The Balaban J connectivity index is 1.34. The van der Waals surface area contributed by atoms with Crippen molar-refractivity contribution in [3.8, 4) is 11.4 Å². The van der Waals surface area contributed by atoms with Gasteiger partial charge in [-0.3, -0.25) is 23.4 Å². The molecule has 3 heterocycles. The van der Waals surface area contributed by atoms with Crippen molar-refractivity contribution >= 4 is 22.6 Å². The number of aryl methyl sites for hydroxylation is 2. The monoisotopic (exact) mass is 496 g/mol. The molecule has 0 aliphatic rings. The van der Waals surface area contributed by atoms with Gasteiger partial charge in [0.15, 0.2) is 0 Å². The van der Waals surface area contributed by atoms with Gasteiger partial charge in [0.05, 0.1) is 30.3 Å². The third kappa shape index (κ3) is 4.97. The van der Waals surface area contributed by atoms with Gasteiger partial charge in [0.1, 0.15) is 23.7 Å². The number of carbonyl (C=O) groups is 1. The summed E-state index contributed by atoms with van der Waals surface area (Å²) in [4.78, 5) is 47.2. The Morgan fingerprint density at radius 2 is 1.76 bits per heavy atom. The highest BCUT2D eigenvalue weighted by molar-refractivity contribution is 5.77. The molecule has 0 fully saturated rings. The molecular weight excluding hydrogens is 472 g/mol. The van der Waals surface area contributed by atoms with Crippen LogP contribution in [-0.2, 0) is 22.6 Å². The van der Waals surface area contributed by atoms with Crippen molar-refractivity contribution in [1.82, 2.24) is 18.9 Å². The van der Waals surface area contributed by atoms with Crippen molar-refractivity contribution in [2.45, 2.75) is 26.4 Å². The summed E-state index contributed by atoms with van der Waals surface area (Å²) in [6, 6.07) is 19.4. The molecule has 0 atom stereocenters. The van der Waals surface area contributed by atoms with Crippen molar-refractivity contribution in [3.63, 3.8) is 0 Å². The fourth-order valence-corrected chi connectivity index (χ4v) is 4.11. The molecule has 0 unspecified atom stereocenters. The van der Waals surface area contributed by atoms with Gasteiger partial charge in [-0.15, -0.1) is 0 Å². The van der Waals surface area contributed by atoms with Gasteiger partial charge in [-0.2, -0.15) is 0 Å². The highest BCUT2D eigenvalue weighted by Gasteiger charge is 2.15. The zero-order valence-electron chi connectivity index (χ0n) is 20.4. The van der Waals surface area contributed by atoms with Crippen LogP contribution in [0, 0.1) is 6.92 Å². The highest BCUT2D eigenvalue weighted by Crippen LogP contribution is 2.19. The Kier molecular flexibility index (Phi) is 6.51. The quantitative estimate of drug-likeness (QED) is 0.318. The number of esters is 1. The van der Waals surface area contributed by atoms with Crippen LogP contribution in [0.2, 0.25) is 0 Å². The van der Waals surface area contributed by atoms with Crippen LogP contribution in [0.15, 0.2) is 82.5 Å². The number of ether oxygens (including phenoxy) is 2. The minimum Gasteiger partial charge on any atom is -0.497 e. The number of nitrogens with zero attached hydrogens (tertiary/aromatic N) is 4. The lowest BCUT2D eigenvalue weighted by Gasteiger charge is -2.13. The minimum absolute atomic E-state index is 0.0467. The topological polar surface area (TPSA) is 105 Å². The smallest absolute Gasteiger partial charge is 0.306 e. The first-order valence-electron chi connectivity index (χ1n) is 11.7. The summed E-state index contributed by atoms with van der Waals surface area (Å²) in [5, 5.41) is 0. The maximum absolute atomic E-state index is 13.4. The van der Waals surface area contributed by atoms with Crippen LogP contribution in [0.4, 0.5) is 0 Å². The van der Waals surface area contributed by atoms with Gasteiger partial charge in [0.2, 0.25) is 0 Å². The summed E-state index contributed by atoms with van der Waals surface area (Å²) < 4.78 is 13.6. The second kappa shape index (κ2) is 10.1. The van der Waals surface area contributed by atoms with Crippen molar-refractivity contribution in [1.29, 1.82) is 0 Å². The predicted molar refractivity (Wildman–Crippen MR) is 138 cm³/mol. The highest BCUT2D eigenvalue weighted by atomic mass is 16.5. The molecule has 2 aromatic carbocycles. The molecule has 5 aromatic rings. The molecule has 0 aliphatic carbocycles. The van der Waals surface area contributed by atoms with Gasteiger partial charge in [-0.1, -0.05) is 18.2 Å². The van der Waals surface area contributed by atoms with E-state index in [4.69, 9.17) is 9.47 Å².